The topological polar surface area (TPSA) is 226 Å². The van der Waals surface area contributed by atoms with Crippen LogP contribution >= 0.6 is 12.4 Å². The zero-order valence-electron chi connectivity index (χ0n) is 27.3. The van der Waals surface area contributed by atoms with Crippen molar-refractivity contribution in [2.24, 2.45) is 14.1 Å². The number of aromatic nitrogens is 4. The van der Waals surface area contributed by atoms with Gasteiger partial charge in [-0.3, -0.25) is 14.9 Å². The third kappa shape index (κ3) is 15.3. The van der Waals surface area contributed by atoms with Gasteiger partial charge in [-0.05, 0) is 58.9 Å². The molecule has 3 amide bonds. The number of carbonyl (C=O) groups excluding carboxylic acids is 7. The third-order valence-corrected chi connectivity index (χ3v) is 5.43. The van der Waals surface area contributed by atoms with Crippen LogP contribution in [0.25, 0.3) is 0 Å². The largest absolute Gasteiger partial charge is 0.444 e. The van der Waals surface area contributed by atoms with Crippen LogP contribution in [0, 0.1) is 13.8 Å². The Hall–Kier alpha value is -6.08. The molecule has 17 heteroatoms. The fraction of sp³-hybridized carbons (Fsp3) is 0.258. The Kier molecular flexibility index (Phi) is 17.6. The molecule has 0 unspecified atom stereocenters. The average Bonchev–Trinajstić information content (AvgIpc) is 3.51. The van der Waals surface area contributed by atoms with Crippen molar-refractivity contribution < 1.29 is 38.3 Å². The highest BCUT2D eigenvalue weighted by Gasteiger charge is 2.19. The van der Waals surface area contributed by atoms with E-state index in [9.17, 15) is 14.4 Å². The van der Waals surface area contributed by atoms with Crippen LogP contribution in [0.15, 0.2) is 60.9 Å². The number of halogens is 1. The molecule has 0 bridgehead atoms. The lowest BCUT2D eigenvalue weighted by atomic mass is 10.2. The molecule has 2 aromatic carbocycles. The Labute approximate surface area is 282 Å². The molecule has 0 fully saturated rings. The summed E-state index contributed by atoms with van der Waals surface area (Å²) in [5.41, 5.74) is 8.57. The number of carbonyl (C=O) groups is 3. The van der Waals surface area contributed by atoms with E-state index in [1.807, 2.05) is 62.4 Å². The van der Waals surface area contributed by atoms with Gasteiger partial charge in [-0.1, -0.05) is 35.4 Å². The number of nitrogens with one attached hydrogen (secondary N) is 3. The average molecular weight is 685 g/mol. The summed E-state index contributed by atoms with van der Waals surface area (Å²) in [6.07, 6.45) is 3.03. The second kappa shape index (κ2) is 20.1. The van der Waals surface area contributed by atoms with E-state index in [0.717, 1.165) is 16.8 Å². The van der Waals surface area contributed by atoms with Crippen LogP contribution < -0.4 is 21.7 Å². The minimum Gasteiger partial charge on any atom is -0.444 e. The zero-order valence-corrected chi connectivity index (χ0v) is 28.1. The van der Waals surface area contributed by atoms with E-state index in [-0.39, 0.29) is 48.2 Å². The first-order valence-electron chi connectivity index (χ1n) is 13.6. The lowest BCUT2D eigenvalue weighted by Gasteiger charge is -2.18. The normalized spacial score (nSPS) is 9.48. The van der Waals surface area contributed by atoms with Gasteiger partial charge in [-0.15, -0.1) is 12.4 Å². The van der Waals surface area contributed by atoms with Gasteiger partial charge >= 0.3 is 18.4 Å². The molecule has 0 saturated heterocycles. The monoisotopic (exact) mass is 684 g/mol. The van der Waals surface area contributed by atoms with Crippen molar-refractivity contribution in [1.82, 2.24) is 19.1 Å². The van der Waals surface area contributed by atoms with Gasteiger partial charge in [0.25, 0.3) is 11.8 Å². The standard InChI is InChI=1S/C17H22N4O3.C12H14N4O.2CO2.ClH/c1-11-6-8-12(9-7-11)18-15(22)14-19-13(10-21(14)5)20-16(23)24-17(2,3)4;1-8-3-5-9(6-4-8)14-12(17)11-15-10(13)7-16(11)2;2*2-1-3;/h6-10H,1-5H3,(H,18,22)(H,20,23);3-7H,13H2,1-2H3,(H,14,17);;;1H. The van der Waals surface area contributed by atoms with Crippen LogP contribution in [0.3, 0.4) is 0 Å². The molecular formula is C31H37ClN8O8. The smallest absolute Gasteiger partial charge is 0.413 e. The second-order valence-electron chi connectivity index (χ2n) is 10.6. The predicted molar refractivity (Wildman–Crippen MR) is 176 cm³/mol. The number of anilines is 4. The highest BCUT2D eigenvalue weighted by Crippen LogP contribution is 2.15. The van der Waals surface area contributed by atoms with Crippen molar-refractivity contribution in [1.29, 1.82) is 0 Å². The minimum atomic E-state index is -0.619. The lowest BCUT2D eigenvalue weighted by molar-refractivity contribution is -0.193. The fourth-order valence-electron chi connectivity index (χ4n) is 3.49. The highest BCUT2D eigenvalue weighted by atomic mass is 35.5. The summed E-state index contributed by atoms with van der Waals surface area (Å²) >= 11 is 0. The number of benzene rings is 2. The van der Waals surface area contributed by atoms with Crippen molar-refractivity contribution in [2.45, 2.75) is 40.2 Å². The summed E-state index contributed by atoms with van der Waals surface area (Å²) in [5.74, 6) is 0.429. The van der Waals surface area contributed by atoms with Crippen LogP contribution in [0.5, 0.6) is 0 Å². The van der Waals surface area contributed by atoms with Crippen LogP contribution in [-0.2, 0) is 38.0 Å². The van der Waals surface area contributed by atoms with E-state index < -0.39 is 11.7 Å². The number of amides is 3. The van der Waals surface area contributed by atoms with Gasteiger partial charge in [0.15, 0.2) is 5.82 Å². The van der Waals surface area contributed by atoms with Crippen molar-refractivity contribution in [2.75, 3.05) is 21.7 Å². The molecule has 0 aliphatic heterocycles. The summed E-state index contributed by atoms with van der Waals surface area (Å²) in [7, 11) is 3.41. The summed E-state index contributed by atoms with van der Waals surface area (Å²) < 4.78 is 8.29. The molecular weight excluding hydrogens is 648 g/mol. The number of hydrogen-bond donors (Lipinski definition) is 4. The van der Waals surface area contributed by atoms with Gasteiger partial charge in [-0.25, -0.2) is 14.8 Å². The molecule has 4 aromatic rings. The van der Waals surface area contributed by atoms with Crippen LogP contribution in [0.1, 0.15) is 53.1 Å². The molecule has 4 rings (SSSR count). The fourth-order valence-corrected chi connectivity index (χ4v) is 3.49. The second-order valence-corrected chi connectivity index (χ2v) is 10.6. The van der Waals surface area contributed by atoms with Gasteiger partial charge in [-0.2, -0.15) is 19.2 Å². The predicted octanol–water partition coefficient (Wildman–Crippen LogP) is 4.15. The molecule has 48 heavy (non-hydrogen) atoms. The molecule has 256 valence electrons. The Morgan fingerprint density at radius 2 is 1.08 bits per heavy atom. The minimum absolute atomic E-state index is 0. The van der Waals surface area contributed by atoms with E-state index in [2.05, 4.69) is 25.9 Å². The molecule has 0 atom stereocenters. The molecule has 0 radical (unpaired) electrons. The lowest BCUT2D eigenvalue weighted by Crippen LogP contribution is -2.27. The zero-order chi connectivity index (χ0) is 35.7. The van der Waals surface area contributed by atoms with E-state index >= 15 is 0 Å². The molecule has 2 aromatic heterocycles. The third-order valence-electron chi connectivity index (χ3n) is 5.43. The van der Waals surface area contributed by atoms with E-state index in [0.29, 0.717) is 17.3 Å². The Morgan fingerprint density at radius 1 is 0.708 bits per heavy atom. The number of hydrogen-bond acceptors (Lipinski definition) is 11. The summed E-state index contributed by atoms with van der Waals surface area (Å²) in [6, 6.07) is 15.0. The summed E-state index contributed by atoms with van der Waals surface area (Å²) in [4.78, 5) is 76.5. The van der Waals surface area contributed by atoms with Crippen molar-refractivity contribution in [3.63, 3.8) is 0 Å². The van der Waals surface area contributed by atoms with Crippen molar-refractivity contribution in [3.05, 3.63) is 83.7 Å². The van der Waals surface area contributed by atoms with Gasteiger partial charge in [0, 0.05) is 37.9 Å². The summed E-state index contributed by atoms with van der Waals surface area (Å²) in [5, 5.41) is 8.04. The molecule has 5 N–H and O–H groups in total. The van der Waals surface area contributed by atoms with Gasteiger partial charge in [0.05, 0.1) is 0 Å². The number of rotatable bonds is 5. The Morgan fingerprint density at radius 3 is 1.44 bits per heavy atom. The number of ether oxygens (including phenoxy) is 1. The van der Waals surface area contributed by atoms with Crippen molar-refractivity contribution in [3.8, 4) is 0 Å². The van der Waals surface area contributed by atoms with Crippen LogP contribution in [0.4, 0.5) is 27.8 Å². The molecule has 0 saturated carbocycles. The van der Waals surface area contributed by atoms with E-state index in [1.165, 1.54) is 4.57 Å². The maximum atomic E-state index is 12.3. The van der Waals surface area contributed by atoms with Crippen LogP contribution in [-0.4, -0.2) is 54.9 Å². The first-order chi connectivity index (χ1) is 22.0. The maximum absolute atomic E-state index is 12.3. The SMILES string of the molecule is Cc1ccc(NC(=O)c2nc(N)cn2C)cc1.Cc1ccc(NC(=O)c2nc(NC(=O)OC(C)(C)C)cn2C)cc1.Cl.O=C=O.O=C=O. The first-order valence-corrected chi connectivity index (χ1v) is 13.6. The number of imidazole rings is 2. The van der Waals surface area contributed by atoms with E-state index in [1.54, 1.807) is 51.8 Å². The van der Waals surface area contributed by atoms with Crippen molar-refractivity contribution >= 4 is 65.6 Å². The number of nitrogen functional groups attached to an aromatic ring is 1. The van der Waals surface area contributed by atoms with Crippen LogP contribution in [0.2, 0.25) is 0 Å². The molecule has 16 nitrogen and oxygen atoms in total. The van der Waals surface area contributed by atoms with E-state index in [4.69, 9.17) is 29.6 Å². The van der Waals surface area contributed by atoms with Gasteiger partial charge in [0.1, 0.15) is 11.4 Å². The maximum Gasteiger partial charge on any atom is 0.413 e. The van der Waals surface area contributed by atoms with Gasteiger partial charge < -0.3 is 30.2 Å². The first kappa shape index (κ1) is 41.9. The van der Waals surface area contributed by atoms with Gasteiger partial charge in [0.2, 0.25) is 11.6 Å². The number of aryl methyl sites for hydroxylation is 4. The highest BCUT2D eigenvalue weighted by molar-refractivity contribution is 6.03. The molecule has 0 aliphatic rings. The molecule has 0 aliphatic carbocycles. The number of nitrogens with two attached hydrogens (primary N) is 1. The quantitative estimate of drug-likeness (QED) is 0.233. The Bertz CT molecular complexity index is 1700. The summed E-state index contributed by atoms with van der Waals surface area (Å²) in [6.45, 7) is 9.27. The molecule has 2 heterocycles. The molecule has 0 spiro atoms. The Balaban J connectivity index is 0.000000804. The number of nitrogens with zero attached hydrogens (tertiary/aromatic N) is 4.